The third-order valence-corrected chi connectivity index (χ3v) is 31.6. The van der Waals surface area contributed by atoms with Gasteiger partial charge in [0, 0.05) is 93.9 Å². The Balaban J connectivity index is 0.000000210. The molecule has 13 N–H and O–H groups in total. The summed E-state index contributed by atoms with van der Waals surface area (Å²) in [6.07, 6.45) is 39.2. The molecule has 8 fully saturated rings. The quantitative estimate of drug-likeness (QED) is 0.0118. The fourth-order valence-electron chi connectivity index (χ4n) is 18.7. The summed E-state index contributed by atoms with van der Waals surface area (Å²) in [5.74, 6) is 2.93. The number of ether oxygens (including phenoxy) is 2. The van der Waals surface area contributed by atoms with Gasteiger partial charge in [-0.25, -0.2) is 70.9 Å². The molecule has 143 heavy (non-hydrogen) atoms. The largest absolute Gasteiger partial charge is 0.478 e. The molecule has 1 amide bonds. The minimum absolute atomic E-state index is 0.0139. The van der Waals surface area contributed by atoms with Crippen LogP contribution in [-0.2, 0) is 30.1 Å². The fraction of sp³-hybridized carbons (Fsp3) is 0.641. The first kappa shape index (κ1) is 119. The maximum Gasteiger partial charge on any atom is 0.338 e. The third kappa shape index (κ3) is 40.6. The summed E-state index contributed by atoms with van der Waals surface area (Å²) in [5, 5.41) is 81.2. The molecule has 34 nitrogen and oxygen atoms in total. The fourth-order valence-corrected chi connectivity index (χ4v) is 21.0. The Hall–Kier alpha value is -9.63. The number of carbonyl (C=O) groups excluding carboxylic acids is 1. The summed E-state index contributed by atoms with van der Waals surface area (Å²) >= 11 is 12.1. The van der Waals surface area contributed by atoms with E-state index in [1.807, 2.05) is 38.6 Å². The van der Waals surface area contributed by atoms with Gasteiger partial charge in [0.2, 0.25) is 23.2 Å². The number of hydrogen-bond donors (Lipinski definition) is 10. The predicted octanol–water partition coefficient (Wildman–Crippen LogP) is 19.9. The van der Waals surface area contributed by atoms with Crippen LogP contribution in [0.15, 0.2) is 118 Å². The van der Waals surface area contributed by atoms with Crippen molar-refractivity contribution in [3.8, 4) is 41.6 Å². The number of primary sulfonamides is 2. The molecule has 6 unspecified atom stereocenters. The Morgan fingerprint density at radius 1 is 0.531 bits per heavy atom. The number of pyridine rings is 5. The average Bonchev–Trinajstić information content (AvgIpc) is 1.80. The lowest BCUT2D eigenvalue weighted by atomic mass is 9.90. The Labute approximate surface area is 857 Å². The van der Waals surface area contributed by atoms with Crippen LogP contribution in [0.1, 0.15) is 324 Å². The SMILES string of the molecule is CC1(C)CCC(CC#N)C1.CC1(C)CCC(CC#N)N1.CC1(C)CCC(CC#N)N1O.CC1(C)CCC(CCN)C1.CC1(C)CCC(CCNc2cccc(S(=O)(=O)NC(=O)c3ccc(-n4ccc(OCCC5(C)CC5)n4)nc3Cl)n2)C1.CC1(C)CCC(CCNc2cccc(S(N)(=O)=O)n2)C1.CC1(C)CCC=[N+]1O.CC1(CCOc2ccn(-c3ccc(C(=O)O)c(Cl)n3)n2)CC1.NS(=O)(=O)c1cccc(F)n1. The molecule has 0 radical (unpaired) electrons. The van der Waals surface area contributed by atoms with Crippen LogP contribution >= 0.6 is 23.2 Å². The number of amides is 1. The minimum atomic E-state index is -4.25. The molecule has 6 aliphatic carbocycles. The zero-order valence-corrected chi connectivity index (χ0v) is 90.3. The second kappa shape index (κ2) is 52.1. The lowest BCUT2D eigenvalue weighted by Gasteiger charge is -2.28. The number of halogens is 3. The van der Waals surface area contributed by atoms with Gasteiger partial charge in [0.05, 0.1) is 55.4 Å². The van der Waals surface area contributed by atoms with Gasteiger partial charge in [-0.1, -0.05) is 111 Å². The smallest absolute Gasteiger partial charge is 0.338 e. The van der Waals surface area contributed by atoms with E-state index in [1.54, 1.807) is 54.9 Å². The molecule has 0 bridgehead atoms. The first-order valence-corrected chi connectivity index (χ1v) is 55.1. The van der Waals surface area contributed by atoms with E-state index in [1.165, 1.54) is 171 Å². The van der Waals surface area contributed by atoms with Crippen LogP contribution in [0.5, 0.6) is 11.8 Å². The van der Waals surface area contributed by atoms with E-state index in [2.05, 4.69) is 157 Å². The predicted molar refractivity (Wildman–Crippen MR) is 552 cm³/mol. The van der Waals surface area contributed by atoms with Crippen molar-refractivity contribution in [2.45, 2.75) is 347 Å². The van der Waals surface area contributed by atoms with E-state index in [-0.39, 0.29) is 54.1 Å². The van der Waals surface area contributed by atoms with E-state index in [9.17, 15) is 44.4 Å². The van der Waals surface area contributed by atoms with Gasteiger partial charge in [-0.2, -0.15) is 33.7 Å². The number of aromatic carboxylic acids is 1. The van der Waals surface area contributed by atoms with Crippen molar-refractivity contribution in [2.75, 3.05) is 43.5 Å². The van der Waals surface area contributed by atoms with Crippen LogP contribution in [-0.4, -0.2) is 175 Å². The van der Waals surface area contributed by atoms with Gasteiger partial charge in [0.25, 0.3) is 36.0 Å². The highest BCUT2D eigenvalue weighted by molar-refractivity contribution is 7.90. The molecule has 9 aliphatic rings. The zero-order valence-electron chi connectivity index (χ0n) is 86.4. The molecule has 0 spiro atoms. The lowest BCUT2D eigenvalue weighted by Crippen LogP contribution is -2.39. The highest BCUT2D eigenvalue weighted by Gasteiger charge is 2.42. The van der Waals surface area contributed by atoms with Crippen molar-refractivity contribution in [1.82, 2.24) is 59.6 Å². The van der Waals surface area contributed by atoms with Gasteiger partial charge < -0.3 is 41.5 Å². The van der Waals surface area contributed by atoms with E-state index in [0.29, 0.717) is 118 Å². The number of hydrogen-bond acceptors (Lipinski definition) is 27. The number of hydroxylamine groups is 3. The van der Waals surface area contributed by atoms with Crippen molar-refractivity contribution in [2.24, 2.45) is 72.2 Å². The number of sulfonamides is 3. The van der Waals surface area contributed by atoms with Crippen LogP contribution in [0.25, 0.3) is 11.6 Å². The molecule has 7 aromatic rings. The number of aromatic nitrogens is 9. The van der Waals surface area contributed by atoms with E-state index < -0.39 is 52.9 Å². The number of nitriles is 3. The molecule has 40 heteroatoms. The van der Waals surface area contributed by atoms with Gasteiger partial charge >= 0.3 is 5.97 Å². The van der Waals surface area contributed by atoms with Crippen LogP contribution in [0.3, 0.4) is 0 Å². The van der Waals surface area contributed by atoms with Gasteiger partial charge in [0.1, 0.15) is 21.9 Å². The van der Waals surface area contributed by atoms with Crippen LogP contribution in [0, 0.1) is 96.1 Å². The Morgan fingerprint density at radius 2 is 0.965 bits per heavy atom. The summed E-state index contributed by atoms with van der Waals surface area (Å²) in [4.78, 5) is 43.3. The number of nitrogens with one attached hydrogen (secondary N) is 4. The summed E-state index contributed by atoms with van der Waals surface area (Å²) in [7, 11) is -11.9. The molecule has 16 rings (SSSR count). The van der Waals surface area contributed by atoms with Crippen molar-refractivity contribution in [3.05, 3.63) is 131 Å². The second-order valence-corrected chi connectivity index (χ2v) is 50.4. The third-order valence-electron chi connectivity index (χ3n) is 28.1. The summed E-state index contributed by atoms with van der Waals surface area (Å²) < 4.78 is 99.4. The summed E-state index contributed by atoms with van der Waals surface area (Å²) in [6, 6.07) is 29.2. The summed E-state index contributed by atoms with van der Waals surface area (Å²) in [6.45, 7) is 39.0. The number of carbonyl (C=O) groups is 2. The molecule has 2 saturated heterocycles. The Morgan fingerprint density at radius 3 is 1.32 bits per heavy atom. The molecule has 788 valence electrons. The standard InChI is InChI=1S/C29H37ClN6O4S.C15H16ClN3O3.C14H23N3O2S.C9H19N.C9H15N.C8H14N2O.C8H14N2.C6H12NO.C5H5FN2O2S/c1-28(2)12-9-20(19-28)10-16-31-22-5-4-6-25(32-22)41(38,39)35-27(37)21-7-8-23(33-26(21)30)36-17-11-24(34-36)40-18-15-29(3)13-14-29;1-15(5-6-15)7-9-22-12-4-8-19(18-12)11-3-2-10(14(20)21)13(16)17-11;1-14(2)8-6-11(10-14)7-9-16-12-4-3-5-13(17-12)20(15,18)19;2*1-9(2)5-3-8(7-9)4-6-10;1-8(2)5-3-7(4-6-9)10(8)11;1-8(2)5-3-7(10-8)4-6-9;1-6(2)4-3-5-7(6)8;6-4-2-1-3-5(8-4)11(7,9)10/h4-8,11,17,20H,9-10,12-16,18-19H2,1-3H3,(H,31,32)(H,35,37);2-4,8H,5-7,9H2,1H3,(H,20,21);3-5,11H,6-10H2,1-2H3,(H,16,17)(H2,15,18,19);8H,3-7,10H2,1-2H3;8H,3-5,7H2,1-2H3;7,11H,3-5H2,1-2H3;7,10H,3-5H2,1-2H3;5,8H,3-4H2,1-2H3;1-3H,(H2,7,9,10)/q;;;;;;;+1;. The number of anilines is 2. The molecule has 6 saturated carbocycles. The maximum absolute atomic E-state index is 13.0. The number of nitrogens with two attached hydrogens (primary N) is 3. The van der Waals surface area contributed by atoms with Gasteiger partial charge in [-0.05, 0) is 316 Å². The monoisotopic (exact) mass is 2080 g/mol. The average molecular weight is 2080 g/mol. The number of carboxylic acid groups (broad SMARTS) is 1. The van der Waals surface area contributed by atoms with Crippen LogP contribution in [0.2, 0.25) is 10.3 Å². The molecule has 10 heterocycles. The van der Waals surface area contributed by atoms with Crippen molar-refractivity contribution in [3.63, 3.8) is 0 Å². The van der Waals surface area contributed by atoms with Crippen LogP contribution < -0.4 is 46.2 Å². The number of rotatable bonds is 29. The summed E-state index contributed by atoms with van der Waals surface area (Å²) in [5.41, 5.74) is 8.31. The highest BCUT2D eigenvalue weighted by Crippen LogP contribution is 2.50. The van der Waals surface area contributed by atoms with Gasteiger partial charge in [0.15, 0.2) is 32.9 Å². The maximum atomic E-state index is 13.0. The van der Waals surface area contributed by atoms with Crippen molar-refractivity contribution < 1.29 is 69.0 Å². The van der Waals surface area contributed by atoms with Crippen molar-refractivity contribution >= 4 is 83.0 Å². The second-order valence-electron chi connectivity index (χ2n) is 45.1. The van der Waals surface area contributed by atoms with E-state index in [4.69, 9.17) is 69.6 Å². The minimum Gasteiger partial charge on any atom is -0.478 e. The first-order chi connectivity index (χ1) is 66.8. The molecule has 6 atom stereocenters. The molecular weight excluding hydrogens is 1930 g/mol. The van der Waals surface area contributed by atoms with Gasteiger partial charge in [-0.15, -0.1) is 10.2 Å². The van der Waals surface area contributed by atoms with E-state index >= 15 is 0 Å². The topological polar surface area (TPSA) is 520 Å². The van der Waals surface area contributed by atoms with Crippen molar-refractivity contribution in [1.29, 1.82) is 15.8 Å². The molecule has 7 aromatic heterocycles. The Kier molecular flexibility index (Phi) is 43.2. The molecule has 0 aromatic carbocycles. The lowest BCUT2D eigenvalue weighted by molar-refractivity contribution is -0.814. The molecule has 3 aliphatic heterocycles. The Bertz CT molecular complexity index is 5830. The van der Waals surface area contributed by atoms with E-state index in [0.717, 1.165) is 101 Å². The number of nitrogens with zero attached hydrogens (tertiary/aromatic N) is 14. The van der Waals surface area contributed by atoms with Crippen LogP contribution in [0.4, 0.5) is 16.0 Å². The normalized spacial score (nSPS) is 21.9. The first-order valence-electron chi connectivity index (χ1n) is 49.8. The van der Waals surface area contributed by atoms with Gasteiger partial charge in [-0.3, -0.25) is 10.0 Å². The molecular formula is C103H155Cl2FN21O13S3+. The zero-order chi connectivity index (χ0) is 106. The number of carboxylic acids is 1. The highest BCUT2D eigenvalue weighted by atomic mass is 35.5.